The molecule has 0 saturated heterocycles. The van der Waals surface area contributed by atoms with Crippen LogP contribution in [0, 0.1) is 0 Å². The summed E-state index contributed by atoms with van der Waals surface area (Å²) in [5.74, 6) is 0.0683. The monoisotopic (exact) mass is 394 g/mol. The van der Waals surface area contributed by atoms with Crippen molar-refractivity contribution in [1.29, 1.82) is 0 Å². The minimum Gasteiger partial charge on any atom is -0.365 e. The van der Waals surface area contributed by atoms with Crippen LogP contribution in [0.2, 0.25) is 0 Å². The van der Waals surface area contributed by atoms with Crippen LogP contribution in [0.4, 0.5) is 23.1 Å². The summed E-state index contributed by atoms with van der Waals surface area (Å²) >= 11 is 0. The lowest BCUT2D eigenvalue weighted by atomic mass is 9.94. The van der Waals surface area contributed by atoms with Crippen molar-refractivity contribution in [2.75, 3.05) is 15.6 Å². The minimum atomic E-state index is -0.641. The summed E-state index contributed by atoms with van der Waals surface area (Å²) < 4.78 is 0. The smallest absolute Gasteiger partial charge is 0.254 e. The van der Waals surface area contributed by atoms with Crippen molar-refractivity contribution in [3.8, 4) is 0 Å². The van der Waals surface area contributed by atoms with E-state index in [2.05, 4.69) is 31.6 Å². The molecule has 2 aromatic rings. The Morgan fingerprint density at radius 3 is 2.97 bits per heavy atom. The predicted octanol–water partition coefficient (Wildman–Crippen LogP) is 1.54. The number of aromatic nitrogens is 2. The van der Waals surface area contributed by atoms with Gasteiger partial charge in [-0.2, -0.15) is 4.98 Å². The highest BCUT2D eigenvalue weighted by atomic mass is 16.1. The van der Waals surface area contributed by atoms with Gasteiger partial charge in [0.25, 0.3) is 5.91 Å². The lowest BCUT2D eigenvalue weighted by molar-refractivity contribution is -0.121. The van der Waals surface area contributed by atoms with Crippen molar-refractivity contribution in [2.24, 2.45) is 5.73 Å². The summed E-state index contributed by atoms with van der Waals surface area (Å²) in [6.07, 6.45) is 8.17. The van der Waals surface area contributed by atoms with Gasteiger partial charge in [-0.1, -0.05) is 12.5 Å². The van der Waals surface area contributed by atoms with Gasteiger partial charge in [0.1, 0.15) is 11.4 Å². The summed E-state index contributed by atoms with van der Waals surface area (Å²) in [6.45, 7) is 0. The van der Waals surface area contributed by atoms with Gasteiger partial charge >= 0.3 is 0 Å². The first-order chi connectivity index (χ1) is 14.1. The van der Waals surface area contributed by atoms with Gasteiger partial charge in [-0.05, 0) is 31.0 Å². The summed E-state index contributed by atoms with van der Waals surface area (Å²) in [7, 11) is 0. The van der Waals surface area contributed by atoms with Gasteiger partial charge < -0.3 is 21.8 Å². The Morgan fingerprint density at radius 2 is 2.21 bits per heavy atom. The molecule has 1 aliphatic heterocycles. The molecule has 10 heteroatoms. The molecule has 1 amide bonds. The number of hydrazine groups is 2. The number of nitrogens with two attached hydrogens (primary N) is 1. The summed E-state index contributed by atoms with van der Waals surface area (Å²) in [5.41, 5.74) is 13.1. The molecular formula is C19H22N8O2. The first-order valence-corrected chi connectivity index (χ1v) is 9.40. The summed E-state index contributed by atoms with van der Waals surface area (Å²) in [5, 5.41) is 8.00. The molecule has 0 spiro atoms. The molecule has 1 aromatic carbocycles. The van der Waals surface area contributed by atoms with Crippen LogP contribution in [-0.2, 0) is 4.79 Å². The number of hydrogen-bond donors (Lipinski definition) is 5. The molecule has 0 unspecified atom stereocenters. The average molecular weight is 394 g/mol. The zero-order valence-corrected chi connectivity index (χ0v) is 15.7. The molecule has 0 bridgehead atoms. The lowest BCUT2D eigenvalue weighted by Gasteiger charge is -2.22. The van der Waals surface area contributed by atoms with Gasteiger partial charge in [0.05, 0.1) is 11.7 Å². The second-order valence-corrected chi connectivity index (χ2v) is 6.85. The number of benzene rings is 1. The maximum absolute atomic E-state index is 12.1. The maximum atomic E-state index is 12.1. The van der Waals surface area contributed by atoms with Gasteiger partial charge in [0.2, 0.25) is 5.95 Å². The fourth-order valence-electron chi connectivity index (χ4n) is 3.30. The third kappa shape index (κ3) is 4.27. The fraction of sp³-hybridized carbons (Fsp3) is 0.263. The second kappa shape index (κ2) is 8.15. The minimum absolute atomic E-state index is 0.154. The van der Waals surface area contributed by atoms with E-state index in [0.717, 1.165) is 24.9 Å². The Kier molecular flexibility index (Phi) is 5.25. The van der Waals surface area contributed by atoms with Crippen LogP contribution in [0.3, 0.4) is 0 Å². The van der Waals surface area contributed by atoms with Gasteiger partial charge in [-0.3, -0.25) is 14.6 Å². The molecule has 1 fully saturated rings. The first-order valence-electron chi connectivity index (χ1n) is 9.40. The SMILES string of the molecule is NC(=O)c1cnc(N[C@@H]2CCCCC2=O)nc1Nc1cccc(N2C=CNN2)c1. The number of anilines is 4. The highest BCUT2D eigenvalue weighted by Gasteiger charge is 2.23. The highest BCUT2D eigenvalue weighted by Crippen LogP contribution is 2.25. The third-order valence-corrected chi connectivity index (χ3v) is 4.79. The Bertz CT molecular complexity index is 961. The number of nitrogens with one attached hydrogen (secondary N) is 4. The van der Waals surface area contributed by atoms with Crippen LogP contribution in [0.25, 0.3) is 0 Å². The zero-order valence-electron chi connectivity index (χ0n) is 15.7. The largest absolute Gasteiger partial charge is 0.365 e. The van der Waals surface area contributed by atoms with E-state index in [-0.39, 0.29) is 29.2 Å². The molecule has 1 aliphatic carbocycles. The quantitative estimate of drug-likeness (QED) is 0.494. The van der Waals surface area contributed by atoms with Gasteiger partial charge in [0, 0.05) is 30.7 Å². The van der Waals surface area contributed by atoms with Gasteiger partial charge in [0.15, 0.2) is 5.78 Å². The molecule has 2 aliphatic rings. The van der Waals surface area contributed by atoms with Crippen LogP contribution in [0.15, 0.2) is 42.9 Å². The molecule has 4 rings (SSSR count). The van der Waals surface area contributed by atoms with Crippen molar-refractivity contribution in [3.05, 3.63) is 48.4 Å². The van der Waals surface area contributed by atoms with E-state index < -0.39 is 5.91 Å². The van der Waals surface area contributed by atoms with E-state index >= 15 is 0 Å². The third-order valence-electron chi connectivity index (χ3n) is 4.79. The molecule has 1 saturated carbocycles. The maximum Gasteiger partial charge on any atom is 0.254 e. The van der Waals surface area contributed by atoms with E-state index in [1.54, 1.807) is 11.2 Å². The number of primary amides is 1. The molecular weight excluding hydrogens is 372 g/mol. The van der Waals surface area contributed by atoms with Crippen LogP contribution in [0.1, 0.15) is 36.0 Å². The van der Waals surface area contributed by atoms with Crippen LogP contribution in [-0.4, -0.2) is 27.7 Å². The number of ketones is 1. The van der Waals surface area contributed by atoms with E-state index in [4.69, 9.17) is 5.73 Å². The number of rotatable bonds is 6. The standard InChI is InChI=1S/C19H22N8O2/c20-17(29)14-11-21-19(24-15-6-1-2-7-16(15)28)25-18(14)23-12-4-3-5-13(10-12)27-9-8-22-26-27/h3-5,8-11,15,22,26H,1-2,6-7H2,(H2,20,29)(H2,21,23,24,25)/t15-/m1/s1. The molecule has 0 radical (unpaired) electrons. The lowest BCUT2D eigenvalue weighted by Crippen LogP contribution is -2.35. The van der Waals surface area contributed by atoms with Crippen molar-refractivity contribution in [3.63, 3.8) is 0 Å². The van der Waals surface area contributed by atoms with E-state index in [1.165, 1.54) is 6.20 Å². The predicted molar refractivity (Wildman–Crippen MR) is 109 cm³/mol. The fourth-order valence-corrected chi connectivity index (χ4v) is 3.30. The number of carbonyl (C=O) groups is 2. The number of amides is 1. The van der Waals surface area contributed by atoms with Crippen molar-refractivity contribution < 1.29 is 9.59 Å². The second-order valence-electron chi connectivity index (χ2n) is 6.85. The van der Waals surface area contributed by atoms with Crippen LogP contribution < -0.4 is 32.3 Å². The molecule has 1 atom stereocenters. The molecule has 2 heterocycles. The molecule has 10 nitrogen and oxygen atoms in total. The first kappa shape index (κ1) is 18.7. The summed E-state index contributed by atoms with van der Waals surface area (Å²) in [6, 6.07) is 7.22. The van der Waals surface area contributed by atoms with Gasteiger partial charge in [-0.25, -0.2) is 4.98 Å². The Balaban J connectivity index is 1.58. The molecule has 150 valence electrons. The highest BCUT2D eigenvalue weighted by molar-refractivity contribution is 5.98. The Morgan fingerprint density at radius 1 is 1.31 bits per heavy atom. The van der Waals surface area contributed by atoms with E-state index in [1.807, 2.05) is 30.5 Å². The summed E-state index contributed by atoms with van der Waals surface area (Å²) in [4.78, 5) is 32.5. The van der Waals surface area contributed by atoms with Crippen LogP contribution >= 0.6 is 0 Å². The zero-order chi connectivity index (χ0) is 20.2. The number of nitrogens with zero attached hydrogens (tertiary/aromatic N) is 3. The van der Waals surface area contributed by atoms with E-state index in [9.17, 15) is 9.59 Å². The van der Waals surface area contributed by atoms with Gasteiger partial charge in [-0.15, -0.1) is 5.53 Å². The number of hydrogen-bond acceptors (Lipinski definition) is 9. The van der Waals surface area contributed by atoms with E-state index in [0.29, 0.717) is 12.1 Å². The van der Waals surface area contributed by atoms with Crippen molar-refractivity contribution >= 4 is 34.8 Å². The molecule has 6 N–H and O–H groups in total. The van der Waals surface area contributed by atoms with Crippen LogP contribution in [0.5, 0.6) is 0 Å². The Labute approximate surface area is 167 Å². The number of carbonyl (C=O) groups excluding carboxylic acids is 2. The van der Waals surface area contributed by atoms with Crippen molar-refractivity contribution in [2.45, 2.75) is 31.7 Å². The molecule has 29 heavy (non-hydrogen) atoms. The normalized spacial score (nSPS) is 18.4. The average Bonchev–Trinajstić information content (AvgIpc) is 3.25. The topological polar surface area (TPSA) is 137 Å². The van der Waals surface area contributed by atoms with Crippen molar-refractivity contribution in [1.82, 2.24) is 20.9 Å². The number of Topliss-reactive ketones (excluding diaryl/α,β-unsaturated/α-hetero) is 1. The molecule has 1 aromatic heterocycles. The Hall–Kier alpha value is -3.66.